The molecule has 0 unspecified atom stereocenters. The maximum absolute atomic E-state index is 11.8. The maximum atomic E-state index is 11.8. The van der Waals surface area contributed by atoms with Crippen LogP contribution < -0.4 is 26.2 Å². The summed E-state index contributed by atoms with van der Waals surface area (Å²) in [6.45, 7) is 1.25. The van der Waals surface area contributed by atoms with Gasteiger partial charge in [0.15, 0.2) is 0 Å². The number of rotatable bonds is 11. The second-order valence-corrected chi connectivity index (χ2v) is 6.59. The summed E-state index contributed by atoms with van der Waals surface area (Å²) in [6, 6.07) is 12.6. The molecule has 0 atom stereocenters. The Hall–Kier alpha value is -3.66. The molecule has 0 fully saturated rings. The van der Waals surface area contributed by atoms with E-state index in [-0.39, 0.29) is 0 Å². The smallest absolute Gasteiger partial charge is 0.253 e. The van der Waals surface area contributed by atoms with Crippen molar-refractivity contribution in [3.05, 3.63) is 74.8 Å². The first kappa shape index (κ1) is 20.1. The normalized spacial score (nSPS) is 10.4. The fourth-order valence-corrected chi connectivity index (χ4v) is 2.87. The number of ether oxygens (including phenoxy) is 1. The fourth-order valence-electron chi connectivity index (χ4n) is 2.87. The van der Waals surface area contributed by atoms with Gasteiger partial charge in [-0.2, -0.15) is 5.26 Å². The Morgan fingerprint density at radius 1 is 0.897 bits per heavy atom. The highest BCUT2D eigenvalue weighted by Gasteiger charge is 2.20. The second-order valence-electron chi connectivity index (χ2n) is 6.59. The molecule has 0 saturated heterocycles. The quantitative estimate of drug-likeness (QED) is 0.382. The zero-order chi connectivity index (χ0) is 20.5. The first-order valence-electron chi connectivity index (χ1n) is 9.56. The molecule has 3 aromatic rings. The minimum absolute atomic E-state index is 0.317. The summed E-state index contributed by atoms with van der Waals surface area (Å²) in [7, 11) is 0. The molecule has 0 spiro atoms. The average molecular weight is 390 g/mol. The van der Waals surface area contributed by atoms with E-state index in [1.165, 1.54) is 0 Å². The standard InChI is InChI=1S/C22H22N4O3/c23-15-16-5-7-18(8-6-16)29-14-4-2-1-3-11-25-19-20(22(28)21(19)27)26-17-9-12-24-13-10-17/h5-10,12-13,25H,1-4,11,14H2,(H,24,26). The highest BCUT2D eigenvalue weighted by Crippen LogP contribution is 2.20. The van der Waals surface area contributed by atoms with Crippen LogP contribution in [0.15, 0.2) is 58.4 Å². The van der Waals surface area contributed by atoms with E-state index in [1.54, 1.807) is 48.8 Å². The highest BCUT2D eigenvalue weighted by molar-refractivity contribution is 5.78. The third-order valence-electron chi connectivity index (χ3n) is 4.49. The largest absolute Gasteiger partial charge is 0.494 e. The van der Waals surface area contributed by atoms with E-state index >= 15 is 0 Å². The third kappa shape index (κ3) is 5.42. The summed E-state index contributed by atoms with van der Waals surface area (Å²) in [5.74, 6) is 0.764. The summed E-state index contributed by atoms with van der Waals surface area (Å²) in [4.78, 5) is 27.5. The minimum atomic E-state index is -0.496. The minimum Gasteiger partial charge on any atom is -0.494 e. The molecule has 1 aromatic heterocycles. The van der Waals surface area contributed by atoms with Crippen LogP contribution in [0.3, 0.4) is 0 Å². The van der Waals surface area contributed by atoms with Crippen molar-refractivity contribution in [1.82, 2.24) is 4.98 Å². The number of aromatic nitrogens is 1. The highest BCUT2D eigenvalue weighted by atomic mass is 16.5. The molecule has 29 heavy (non-hydrogen) atoms. The van der Waals surface area contributed by atoms with Crippen molar-refractivity contribution in [3.8, 4) is 11.8 Å². The Kier molecular flexibility index (Phi) is 6.95. The van der Waals surface area contributed by atoms with E-state index in [4.69, 9.17) is 10.00 Å². The predicted molar refractivity (Wildman–Crippen MR) is 112 cm³/mol. The van der Waals surface area contributed by atoms with E-state index in [2.05, 4.69) is 21.7 Å². The van der Waals surface area contributed by atoms with Crippen LogP contribution in [-0.4, -0.2) is 18.1 Å². The van der Waals surface area contributed by atoms with Crippen LogP contribution in [0.4, 0.5) is 17.1 Å². The SMILES string of the molecule is N#Cc1ccc(OCCCCCCNc2c(Nc3ccncc3)c(=O)c2=O)cc1. The van der Waals surface area contributed by atoms with Crippen molar-refractivity contribution >= 4 is 17.1 Å². The molecule has 3 rings (SSSR count). The van der Waals surface area contributed by atoms with Crippen molar-refractivity contribution in [2.24, 2.45) is 0 Å². The molecule has 0 radical (unpaired) electrons. The van der Waals surface area contributed by atoms with Gasteiger partial charge in [0.2, 0.25) is 0 Å². The van der Waals surface area contributed by atoms with Gasteiger partial charge >= 0.3 is 0 Å². The Morgan fingerprint density at radius 2 is 1.59 bits per heavy atom. The maximum Gasteiger partial charge on any atom is 0.253 e. The summed E-state index contributed by atoms with van der Waals surface area (Å²) >= 11 is 0. The molecule has 0 bridgehead atoms. The van der Waals surface area contributed by atoms with Crippen LogP contribution in [0.1, 0.15) is 31.2 Å². The number of hydrogen-bond acceptors (Lipinski definition) is 7. The van der Waals surface area contributed by atoms with Crippen molar-refractivity contribution in [2.75, 3.05) is 23.8 Å². The molecular weight excluding hydrogens is 368 g/mol. The molecule has 0 aliphatic heterocycles. The number of benzene rings is 1. The van der Waals surface area contributed by atoms with Crippen LogP contribution in [0.25, 0.3) is 0 Å². The molecule has 0 aliphatic carbocycles. The van der Waals surface area contributed by atoms with E-state index < -0.39 is 10.9 Å². The van der Waals surface area contributed by atoms with Crippen molar-refractivity contribution < 1.29 is 4.74 Å². The van der Waals surface area contributed by atoms with Crippen LogP contribution in [0.5, 0.6) is 5.75 Å². The Balaban J connectivity index is 1.32. The molecular formula is C22H22N4O3. The first-order chi connectivity index (χ1) is 14.2. The van der Waals surface area contributed by atoms with Gasteiger partial charge in [0.1, 0.15) is 17.1 Å². The van der Waals surface area contributed by atoms with E-state index in [0.29, 0.717) is 30.1 Å². The number of anilines is 3. The number of hydrogen-bond donors (Lipinski definition) is 2. The van der Waals surface area contributed by atoms with Gasteiger partial charge < -0.3 is 15.4 Å². The number of nitriles is 1. The van der Waals surface area contributed by atoms with Gasteiger partial charge in [0.05, 0.1) is 18.2 Å². The second kappa shape index (κ2) is 10.0. The number of nitrogens with zero attached hydrogens (tertiary/aromatic N) is 2. The average Bonchev–Trinajstić information content (AvgIpc) is 2.77. The van der Waals surface area contributed by atoms with E-state index in [0.717, 1.165) is 37.1 Å². The van der Waals surface area contributed by atoms with Gasteiger partial charge in [-0.15, -0.1) is 0 Å². The lowest BCUT2D eigenvalue weighted by atomic mass is 10.1. The van der Waals surface area contributed by atoms with Crippen molar-refractivity contribution in [1.29, 1.82) is 5.26 Å². The lowest BCUT2D eigenvalue weighted by Crippen LogP contribution is -2.36. The number of unbranched alkanes of at least 4 members (excludes halogenated alkanes) is 3. The molecule has 1 heterocycles. The van der Waals surface area contributed by atoms with E-state index in [1.807, 2.05) is 0 Å². The molecule has 2 N–H and O–H groups in total. The number of nitrogens with one attached hydrogen (secondary N) is 2. The Bertz CT molecular complexity index is 1030. The summed E-state index contributed by atoms with van der Waals surface area (Å²) in [6.07, 6.45) is 7.05. The lowest BCUT2D eigenvalue weighted by molar-refractivity contribution is 0.305. The summed E-state index contributed by atoms with van der Waals surface area (Å²) in [5.41, 5.74) is 1.04. The Labute approximate surface area is 168 Å². The predicted octanol–water partition coefficient (Wildman–Crippen LogP) is 3.34. The van der Waals surface area contributed by atoms with Gasteiger partial charge in [-0.1, -0.05) is 12.8 Å². The Morgan fingerprint density at radius 3 is 2.31 bits per heavy atom. The third-order valence-corrected chi connectivity index (χ3v) is 4.49. The van der Waals surface area contributed by atoms with Gasteiger partial charge in [0, 0.05) is 24.6 Å². The molecule has 148 valence electrons. The van der Waals surface area contributed by atoms with Crippen molar-refractivity contribution in [3.63, 3.8) is 0 Å². The summed E-state index contributed by atoms with van der Waals surface area (Å²) < 4.78 is 5.65. The van der Waals surface area contributed by atoms with Gasteiger partial charge in [-0.25, -0.2) is 0 Å². The molecule has 7 nitrogen and oxygen atoms in total. The van der Waals surface area contributed by atoms with E-state index in [9.17, 15) is 9.59 Å². The molecule has 0 saturated carbocycles. The fraction of sp³-hybridized carbons (Fsp3) is 0.273. The van der Waals surface area contributed by atoms with Crippen LogP contribution in [0.2, 0.25) is 0 Å². The van der Waals surface area contributed by atoms with Crippen LogP contribution in [0, 0.1) is 11.3 Å². The van der Waals surface area contributed by atoms with Gasteiger partial charge in [-0.3, -0.25) is 14.6 Å². The van der Waals surface area contributed by atoms with Crippen molar-refractivity contribution in [2.45, 2.75) is 25.7 Å². The van der Waals surface area contributed by atoms with Gasteiger partial charge in [0.25, 0.3) is 10.9 Å². The lowest BCUT2D eigenvalue weighted by Gasteiger charge is -2.14. The monoisotopic (exact) mass is 390 g/mol. The first-order valence-corrected chi connectivity index (χ1v) is 9.56. The molecule has 0 aliphatic rings. The molecule has 2 aromatic carbocycles. The molecule has 0 amide bonds. The van der Waals surface area contributed by atoms with Crippen LogP contribution in [-0.2, 0) is 0 Å². The zero-order valence-electron chi connectivity index (χ0n) is 16.0. The zero-order valence-corrected chi connectivity index (χ0v) is 16.0. The topological polar surface area (TPSA) is 104 Å². The van der Waals surface area contributed by atoms with Crippen LogP contribution >= 0.6 is 0 Å². The number of pyridine rings is 1. The molecule has 7 heteroatoms. The van der Waals surface area contributed by atoms with Gasteiger partial charge in [-0.05, 0) is 49.2 Å². The summed E-state index contributed by atoms with van der Waals surface area (Å²) in [5, 5.41) is 14.8.